The van der Waals surface area contributed by atoms with Crippen LogP contribution in [0.2, 0.25) is 10.0 Å². The molecule has 4 nitrogen and oxygen atoms in total. The van der Waals surface area contributed by atoms with Crippen molar-refractivity contribution >= 4 is 34.8 Å². The normalized spacial score (nSPS) is 11.6. The maximum atomic E-state index is 13.6. The SMILES string of the molecule is C[C@H](NCC(=O)Nc1ccccc1C#N)c1cc(F)c(Cl)cc1Cl. The molecule has 0 aromatic heterocycles. The number of para-hydroxylation sites is 1. The molecule has 124 valence electrons. The Morgan fingerprint density at radius 2 is 2.00 bits per heavy atom. The van der Waals surface area contributed by atoms with Gasteiger partial charge >= 0.3 is 0 Å². The van der Waals surface area contributed by atoms with E-state index in [2.05, 4.69) is 10.6 Å². The van der Waals surface area contributed by atoms with E-state index in [1.165, 1.54) is 12.1 Å². The Balaban J connectivity index is 1.99. The fraction of sp³-hybridized carbons (Fsp3) is 0.176. The molecule has 2 rings (SSSR count). The van der Waals surface area contributed by atoms with Crippen molar-refractivity contribution in [1.82, 2.24) is 5.32 Å². The van der Waals surface area contributed by atoms with Crippen molar-refractivity contribution in [3.05, 3.63) is 63.4 Å². The van der Waals surface area contributed by atoms with Crippen LogP contribution >= 0.6 is 23.2 Å². The van der Waals surface area contributed by atoms with Crippen LogP contribution in [0.1, 0.15) is 24.1 Å². The molecule has 0 saturated carbocycles. The second-order valence-corrected chi connectivity index (χ2v) is 5.91. The number of anilines is 1. The van der Waals surface area contributed by atoms with Crippen LogP contribution in [0.4, 0.5) is 10.1 Å². The number of carbonyl (C=O) groups is 1. The standard InChI is InChI=1S/C17H14Cl2FN3O/c1-10(12-6-15(20)14(19)7-13(12)18)22-9-17(24)23-16-5-3-2-4-11(16)8-21/h2-7,10,22H,9H2,1H3,(H,23,24)/t10-/m0/s1. The number of hydrogen-bond donors (Lipinski definition) is 2. The number of rotatable bonds is 5. The molecule has 0 bridgehead atoms. The summed E-state index contributed by atoms with van der Waals surface area (Å²) in [6.07, 6.45) is 0. The molecule has 0 saturated heterocycles. The lowest BCUT2D eigenvalue weighted by atomic mass is 10.1. The van der Waals surface area contributed by atoms with Crippen LogP contribution < -0.4 is 10.6 Å². The van der Waals surface area contributed by atoms with Gasteiger partial charge in [-0.15, -0.1) is 0 Å². The lowest BCUT2D eigenvalue weighted by Gasteiger charge is -2.16. The molecule has 0 fully saturated rings. The summed E-state index contributed by atoms with van der Waals surface area (Å²) in [7, 11) is 0. The summed E-state index contributed by atoms with van der Waals surface area (Å²) in [6, 6.07) is 10.9. The quantitative estimate of drug-likeness (QED) is 0.776. The third kappa shape index (κ3) is 4.45. The highest BCUT2D eigenvalue weighted by atomic mass is 35.5. The number of nitrogens with one attached hydrogen (secondary N) is 2. The molecule has 0 unspecified atom stereocenters. The zero-order valence-electron chi connectivity index (χ0n) is 12.7. The van der Waals surface area contributed by atoms with Crippen molar-refractivity contribution in [2.24, 2.45) is 0 Å². The summed E-state index contributed by atoms with van der Waals surface area (Å²) in [4.78, 5) is 12.0. The van der Waals surface area contributed by atoms with Gasteiger partial charge in [0.05, 0.1) is 22.8 Å². The Kier molecular flexibility index (Phi) is 6.16. The van der Waals surface area contributed by atoms with Gasteiger partial charge in [0, 0.05) is 11.1 Å². The molecular weight excluding hydrogens is 352 g/mol. The van der Waals surface area contributed by atoms with Gasteiger partial charge in [0.1, 0.15) is 11.9 Å². The van der Waals surface area contributed by atoms with Gasteiger partial charge in [-0.3, -0.25) is 4.79 Å². The van der Waals surface area contributed by atoms with Crippen molar-refractivity contribution in [3.8, 4) is 6.07 Å². The van der Waals surface area contributed by atoms with Crippen molar-refractivity contribution in [3.63, 3.8) is 0 Å². The molecule has 7 heteroatoms. The first-order valence-electron chi connectivity index (χ1n) is 7.09. The molecule has 0 spiro atoms. The smallest absolute Gasteiger partial charge is 0.238 e. The van der Waals surface area contributed by atoms with E-state index in [1.54, 1.807) is 31.2 Å². The van der Waals surface area contributed by atoms with Gasteiger partial charge in [0.2, 0.25) is 5.91 Å². The highest BCUT2D eigenvalue weighted by Crippen LogP contribution is 2.28. The van der Waals surface area contributed by atoms with Gasteiger partial charge in [-0.25, -0.2) is 4.39 Å². The monoisotopic (exact) mass is 365 g/mol. The Bertz CT molecular complexity index is 805. The number of carbonyl (C=O) groups excluding carboxylic acids is 1. The van der Waals surface area contributed by atoms with Gasteiger partial charge in [-0.05, 0) is 36.8 Å². The van der Waals surface area contributed by atoms with Gasteiger partial charge in [-0.1, -0.05) is 35.3 Å². The second-order valence-electron chi connectivity index (χ2n) is 5.10. The zero-order chi connectivity index (χ0) is 17.7. The maximum absolute atomic E-state index is 13.6. The molecule has 2 aromatic carbocycles. The third-order valence-corrected chi connectivity index (χ3v) is 4.01. The summed E-state index contributed by atoms with van der Waals surface area (Å²) in [5.74, 6) is -0.896. The van der Waals surface area contributed by atoms with Crippen molar-refractivity contribution in [2.45, 2.75) is 13.0 Å². The number of benzene rings is 2. The zero-order valence-corrected chi connectivity index (χ0v) is 14.2. The van der Waals surface area contributed by atoms with Crippen molar-refractivity contribution < 1.29 is 9.18 Å². The van der Waals surface area contributed by atoms with Crippen molar-refractivity contribution in [1.29, 1.82) is 5.26 Å². The first-order valence-corrected chi connectivity index (χ1v) is 7.84. The highest BCUT2D eigenvalue weighted by molar-refractivity contribution is 6.35. The molecule has 0 aliphatic rings. The first-order chi connectivity index (χ1) is 11.4. The number of amides is 1. The van der Waals surface area contributed by atoms with E-state index in [0.717, 1.165) is 0 Å². The third-order valence-electron chi connectivity index (χ3n) is 3.40. The average Bonchev–Trinajstić information content (AvgIpc) is 2.56. The van der Waals surface area contributed by atoms with E-state index < -0.39 is 5.82 Å². The summed E-state index contributed by atoms with van der Waals surface area (Å²) < 4.78 is 13.6. The fourth-order valence-electron chi connectivity index (χ4n) is 2.11. The molecule has 0 heterocycles. The summed E-state index contributed by atoms with van der Waals surface area (Å²) >= 11 is 11.7. The molecule has 1 atom stereocenters. The van der Waals surface area contributed by atoms with Crippen LogP contribution in [0, 0.1) is 17.1 Å². The Hall–Kier alpha value is -2.13. The lowest BCUT2D eigenvalue weighted by molar-refractivity contribution is -0.115. The maximum Gasteiger partial charge on any atom is 0.238 e. The Labute approximate surface area is 149 Å². The topological polar surface area (TPSA) is 64.9 Å². The predicted octanol–water partition coefficient (Wildman–Crippen LogP) is 4.29. The van der Waals surface area contributed by atoms with Gasteiger partial charge < -0.3 is 10.6 Å². The van der Waals surface area contributed by atoms with Crippen LogP contribution in [0.5, 0.6) is 0 Å². The van der Waals surface area contributed by atoms with Gasteiger partial charge in [-0.2, -0.15) is 5.26 Å². The summed E-state index contributed by atoms with van der Waals surface area (Å²) in [5.41, 5.74) is 1.32. The van der Waals surface area contributed by atoms with Crippen LogP contribution in [0.25, 0.3) is 0 Å². The summed E-state index contributed by atoms with van der Waals surface area (Å²) in [6.45, 7) is 1.73. The predicted molar refractivity (Wildman–Crippen MR) is 92.6 cm³/mol. The van der Waals surface area contributed by atoms with E-state index in [9.17, 15) is 9.18 Å². The van der Waals surface area contributed by atoms with E-state index in [4.69, 9.17) is 28.5 Å². The van der Waals surface area contributed by atoms with E-state index in [0.29, 0.717) is 21.8 Å². The number of hydrogen-bond acceptors (Lipinski definition) is 3. The molecule has 24 heavy (non-hydrogen) atoms. The van der Waals surface area contributed by atoms with Crippen LogP contribution in [-0.2, 0) is 4.79 Å². The molecule has 1 amide bonds. The summed E-state index contributed by atoms with van der Waals surface area (Å²) in [5, 5.41) is 14.9. The van der Waals surface area contributed by atoms with Gasteiger partial charge in [0.25, 0.3) is 0 Å². The van der Waals surface area contributed by atoms with E-state index in [1.807, 2.05) is 6.07 Å². The number of halogens is 3. The minimum absolute atomic E-state index is 0.0263. The molecule has 2 aromatic rings. The fourth-order valence-corrected chi connectivity index (χ4v) is 2.66. The molecule has 2 N–H and O–H groups in total. The van der Waals surface area contributed by atoms with E-state index >= 15 is 0 Å². The molecular formula is C17H14Cl2FN3O. The van der Waals surface area contributed by atoms with Crippen molar-refractivity contribution in [2.75, 3.05) is 11.9 Å². The largest absolute Gasteiger partial charge is 0.324 e. The minimum Gasteiger partial charge on any atom is -0.324 e. The minimum atomic E-state index is -0.572. The lowest BCUT2D eigenvalue weighted by Crippen LogP contribution is -2.30. The number of nitriles is 1. The molecule has 0 radical (unpaired) electrons. The van der Waals surface area contributed by atoms with Crippen LogP contribution in [-0.4, -0.2) is 12.5 Å². The van der Waals surface area contributed by atoms with Crippen LogP contribution in [0.15, 0.2) is 36.4 Å². The van der Waals surface area contributed by atoms with Crippen LogP contribution in [0.3, 0.4) is 0 Å². The molecule has 0 aliphatic carbocycles. The molecule has 0 aliphatic heterocycles. The van der Waals surface area contributed by atoms with E-state index in [-0.39, 0.29) is 23.5 Å². The highest BCUT2D eigenvalue weighted by Gasteiger charge is 2.14. The average molecular weight is 366 g/mol. The first kappa shape index (κ1) is 18.2. The second kappa shape index (κ2) is 8.11. The Morgan fingerprint density at radius 3 is 2.71 bits per heavy atom. The number of nitrogens with zero attached hydrogens (tertiary/aromatic N) is 1. The van der Waals surface area contributed by atoms with Gasteiger partial charge in [0.15, 0.2) is 0 Å². The Morgan fingerprint density at radius 1 is 1.29 bits per heavy atom.